The monoisotopic (exact) mass is 235 g/mol. The minimum Gasteiger partial charge on any atom is -0.388 e. The van der Waals surface area contributed by atoms with Crippen molar-refractivity contribution in [3.8, 4) is 0 Å². The van der Waals surface area contributed by atoms with Crippen molar-refractivity contribution in [1.29, 1.82) is 0 Å². The Morgan fingerprint density at radius 1 is 1.29 bits per heavy atom. The van der Waals surface area contributed by atoms with Gasteiger partial charge in [0.25, 0.3) is 0 Å². The second-order valence-electron chi connectivity index (χ2n) is 4.91. The zero-order valence-electron chi connectivity index (χ0n) is 10.6. The van der Waals surface area contributed by atoms with Gasteiger partial charge in [-0.2, -0.15) is 0 Å². The van der Waals surface area contributed by atoms with Crippen LogP contribution in [0.3, 0.4) is 0 Å². The maximum absolute atomic E-state index is 10.3. The van der Waals surface area contributed by atoms with Crippen molar-refractivity contribution >= 4 is 5.69 Å². The number of rotatable bonds is 3. The van der Waals surface area contributed by atoms with Crippen LogP contribution in [0.1, 0.15) is 24.5 Å². The third-order valence-corrected chi connectivity index (χ3v) is 3.39. The van der Waals surface area contributed by atoms with Crippen molar-refractivity contribution in [2.45, 2.75) is 18.9 Å². The minimum absolute atomic E-state index is 0.244. The minimum atomic E-state index is -0.397. The molecular formula is C14H21NO2. The van der Waals surface area contributed by atoms with Crippen LogP contribution in [0.15, 0.2) is 24.3 Å². The van der Waals surface area contributed by atoms with E-state index in [1.807, 2.05) is 38.4 Å². The zero-order valence-corrected chi connectivity index (χ0v) is 10.6. The smallest absolute Gasteiger partial charge is 0.0840 e. The van der Waals surface area contributed by atoms with Crippen LogP contribution in [0.4, 0.5) is 5.69 Å². The molecule has 0 amide bonds. The Morgan fingerprint density at radius 3 is 2.53 bits per heavy atom. The number of hydrogen-bond acceptors (Lipinski definition) is 3. The summed E-state index contributed by atoms with van der Waals surface area (Å²) in [6.45, 7) is 1.51. The van der Waals surface area contributed by atoms with Crippen LogP contribution in [0, 0.1) is 5.92 Å². The van der Waals surface area contributed by atoms with Crippen molar-refractivity contribution in [2.24, 2.45) is 5.92 Å². The Hall–Kier alpha value is -1.06. The quantitative estimate of drug-likeness (QED) is 0.872. The lowest BCUT2D eigenvalue weighted by atomic mass is 9.91. The lowest BCUT2D eigenvalue weighted by molar-refractivity contribution is -0.00995. The molecule has 0 saturated carbocycles. The van der Waals surface area contributed by atoms with Gasteiger partial charge in [0.1, 0.15) is 0 Å². The summed E-state index contributed by atoms with van der Waals surface area (Å²) in [6.07, 6.45) is 1.71. The molecule has 0 spiro atoms. The van der Waals surface area contributed by atoms with Crippen LogP contribution >= 0.6 is 0 Å². The van der Waals surface area contributed by atoms with E-state index < -0.39 is 6.10 Å². The summed E-state index contributed by atoms with van der Waals surface area (Å²) in [6, 6.07) is 8.10. The van der Waals surface area contributed by atoms with E-state index in [1.54, 1.807) is 0 Å². The Morgan fingerprint density at radius 2 is 2.00 bits per heavy atom. The Labute approximate surface area is 103 Å². The topological polar surface area (TPSA) is 32.7 Å². The molecule has 0 radical (unpaired) electrons. The molecule has 1 aromatic carbocycles. The average molecular weight is 235 g/mol. The number of aliphatic hydroxyl groups is 1. The first-order valence-corrected chi connectivity index (χ1v) is 6.21. The van der Waals surface area contributed by atoms with Crippen molar-refractivity contribution in [3.05, 3.63) is 29.8 Å². The van der Waals surface area contributed by atoms with Crippen molar-refractivity contribution in [2.75, 3.05) is 32.2 Å². The van der Waals surface area contributed by atoms with Gasteiger partial charge in [-0.05, 0) is 30.5 Å². The molecule has 17 heavy (non-hydrogen) atoms. The molecule has 2 rings (SSSR count). The molecule has 1 fully saturated rings. The molecule has 1 aromatic rings. The molecular weight excluding hydrogens is 214 g/mol. The summed E-state index contributed by atoms with van der Waals surface area (Å²) in [5.74, 6) is 0.244. The van der Waals surface area contributed by atoms with E-state index in [9.17, 15) is 5.11 Å². The van der Waals surface area contributed by atoms with Crippen LogP contribution in [-0.4, -0.2) is 32.4 Å². The lowest BCUT2D eigenvalue weighted by Crippen LogP contribution is -2.23. The number of benzene rings is 1. The van der Waals surface area contributed by atoms with Crippen LogP contribution < -0.4 is 4.90 Å². The molecule has 1 saturated heterocycles. The summed E-state index contributed by atoms with van der Waals surface area (Å²) in [5, 5.41) is 10.3. The molecule has 3 heteroatoms. The molecule has 0 aliphatic carbocycles. The maximum Gasteiger partial charge on any atom is 0.0840 e. The molecule has 0 aromatic heterocycles. The van der Waals surface area contributed by atoms with Crippen LogP contribution in [0.5, 0.6) is 0 Å². The predicted molar refractivity (Wildman–Crippen MR) is 69.3 cm³/mol. The Balaban J connectivity index is 2.05. The van der Waals surface area contributed by atoms with E-state index in [4.69, 9.17) is 4.74 Å². The van der Waals surface area contributed by atoms with Gasteiger partial charge in [0.05, 0.1) is 12.7 Å². The van der Waals surface area contributed by atoms with Crippen LogP contribution in [0.2, 0.25) is 0 Å². The molecule has 0 bridgehead atoms. The standard InChI is InChI=1S/C14H21NO2/c1-15(2)13-7-5-11(6-8-13)14(16)12-4-3-9-17-10-12/h5-8,12,14,16H,3-4,9-10H2,1-2H3. The Kier molecular flexibility index (Phi) is 4.02. The van der Waals surface area contributed by atoms with E-state index in [0.717, 1.165) is 30.7 Å². The highest BCUT2D eigenvalue weighted by molar-refractivity contribution is 5.46. The largest absolute Gasteiger partial charge is 0.388 e. The first kappa shape index (κ1) is 12.4. The van der Waals surface area contributed by atoms with E-state index in [0.29, 0.717) is 6.61 Å². The SMILES string of the molecule is CN(C)c1ccc(C(O)C2CCCOC2)cc1. The van der Waals surface area contributed by atoms with E-state index in [-0.39, 0.29) is 5.92 Å². The second-order valence-corrected chi connectivity index (χ2v) is 4.91. The highest BCUT2D eigenvalue weighted by atomic mass is 16.5. The van der Waals surface area contributed by atoms with E-state index >= 15 is 0 Å². The number of aliphatic hydroxyl groups excluding tert-OH is 1. The first-order valence-electron chi connectivity index (χ1n) is 6.21. The lowest BCUT2D eigenvalue weighted by Gasteiger charge is -2.27. The van der Waals surface area contributed by atoms with Gasteiger partial charge in [-0.1, -0.05) is 12.1 Å². The molecule has 94 valence electrons. The number of anilines is 1. The maximum atomic E-state index is 10.3. The molecule has 1 heterocycles. The second kappa shape index (κ2) is 5.52. The fourth-order valence-electron chi connectivity index (χ4n) is 2.26. The van der Waals surface area contributed by atoms with Gasteiger partial charge in [-0.3, -0.25) is 0 Å². The third-order valence-electron chi connectivity index (χ3n) is 3.39. The van der Waals surface area contributed by atoms with Crippen molar-refractivity contribution in [1.82, 2.24) is 0 Å². The van der Waals surface area contributed by atoms with Gasteiger partial charge in [0.2, 0.25) is 0 Å². The fourth-order valence-corrected chi connectivity index (χ4v) is 2.26. The number of ether oxygens (including phenoxy) is 1. The summed E-state index contributed by atoms with van der Waals surface area (Å²) in [4.78, 5) is 2.06. The van der Waals surface area contributed by atoms with Crippen LogP contribution in [-0.2, 0) is 4.74 Å². The van der Waals surface area contributed by atoms with Crippen molar-refractivity contribution in [3.63, 3.8) is 0 Å². The van der Waals surface area contributed by atoms with E-state index in [1.165, 1.54) is 0 Å². The van der Waals surface area contributed by atoms with Gasteiger partial charge >= 0.3 is 0 Å². The molecule has 1 N–H and O–H groups in total. The van der Waals surface area contributed by atoms with Crippen molar-refractivity contribution < 1.29 is 9.84 Å². The average Bonchev–Trinajstić information content (AvgIpc) is 2.39. The van der Waals surface area contributed by atoms with Gasteiger partial charge < -0.3 is 14.7 Å². The highest BCUT2D eigenvalue weighted by Crippen LogP contribution is 2.29. The third kappa shape index (κ3) is 2.99. The summed E-state index contributed by atoms with van der Waals surface area (Å²) >= 11 is 0. The first-order chi connectivity index (χ1) is 8.18. The summed E-state index contributed by atoms with van der Waals surface area (Å²) in [5.41, 5.74) is 2.15. The summed E-state index contributed by atoms with van der Waals surface area (Å²) < 4.78 is 5.42. The normalized spacial score (nSPS) is 22.2. The van der Waals surface area contributed by atoms with E-state index in [2.05, 4.69) is 4.90 Å². The van der Waals surface area contributed by atoms with Gasteiger partial charge in [-0.25, -0.2) is 0 Å². The van der Waals surface area contributed by atoms with Gasteiger partial charge in [0.15, 0.2) is 0 Å². The van der Waals surface area contributed by atoms with Gasteiger partial charge in [0, 0.05) is 32.3 Å². The molecule has 2 unspecified atom stereocenters. The predicted octanol–water partition coefficient (Wildman–Crippen LogP) is 2.21. The molecule has 2 atom stereocenters. The zero-order chi connectivity index (χ0) is 12.3. The number of nitrogens with zero attached hydrogens (tertiary/aromatic N) is 1. The Bertz CT molecular complexity index is 342. The summed E-state index contributed by atoms with van der Waals surface area (Å²) in [7, 11) is 4.03. The van der Waals surface area contributed by atoms with Crippen LogP contribution in [0.25, 0.3) is 0 Å². The molecule has 1 aliphatic rings. The highest BCUT2D eigenvalue weighted by Gasteiger charge is 2.23. The van der Waals surface area contributed by atoms with Gasteiger partial charge in [-0.15, -0.1) is 0 Å². The molecule has 3 nitrogen and oxygen atoms in total. The fraction of sp³-hybridized carbons (Fsp3) is 0.571. The number of hydrogen-bond donors (Lipinski definition) is 1. The molecule has 1 aliphatic heterocycles.